The number of hydrogen-bond donors (Lipinski definition) is 3. The molecule has 1 heterocycles. The van der Waals surface area contributed by atoms with Crippen molar-refractivity contribution >= 4 is 29.4 Å². The number of benzene rings is 2. The molecule has 1 aromatic heterocycles. The van der Waals surface area contributed by atoms with Crippen LogP contribution in [0.5, 0.6) is 0 Å². The zero-order valence-electron chi connectivity index (χ0n) is 12.1. The van der Waals surface area contributed by atoms with Crippen LogP contribution in [0, 0.1) is 0 Å². The fourth-order valence-electron chi connectivity index (χ4n) is 1.92. The van der Waals surface area contributed by atoms with Crippen molar-refractivity contribution in [3.63, 3.8) is 0 Å². The number of carboxylic acids is 1. The normalized spacial score (nSPS) is 10.4. The number of aromatic amines is 1. The highest BCUT2D eigenvalue weighted by Crippen LogP contribution is 2.21. The van der Waals surface area contributed by atoms with Gasteiger partial charge < -0.3 is 10.4 Å². The molecule has 0 aliphatic carbocycles. The van der Waals surface area contributed by atoms with Gasteiger partial charge in [-0.1, -0.05) is 42.1 Å². The summed E-state index contributed by atoms with van der Waals surface area (Å²) in [6.45, 7) is 0. The van der Waals surface area contributed by atoms with E-state index in [1.807, 2.05) is 30.3 Å². The molecular formula is C16H14N4O2S. The van der Waals surface area contributed by atoms with Gasteiger partial charge in [0.1, 0.15) is 0 Å². The van der Waals surface area contributed by atoms with E-state index in [2.05, 4.69) is 20.5 Å². The van der Waals surface area contributed by atoms with Gasteiger partial charge in [0.25, 0.3) is 0 Å². The maximum Gasteiger partial charge on any atom is 0.335 e. The molecule has 0 atom stereocenters. The van der Waals surface area contributed by atoms with Crippen LogP contribution in [0.2, 0.25) is 0 Å². The number of carbonyl (C=O) groups is 1. The molecule has 0 aliphatic heterocycles. The molecule has 0 aliphatic rings. The Morgan fingerprint density at radius 3 is 2.57 bits per heavy atom. The number of nitrogens with one attached hydrogen (secondary N) is 2. The van der Waals surface area contributed by atoms with Crippen LogP contribution in [0.1, 0.15) is 15.9 Å². The van der Waals surface area contributed by atoms with Crippen molar-refractivity contribution in [3.05, 3.63) is 65.7 Å². The Labute approximate surface area is 137 Å². The molecule has 0 fully saturated rings. The van der Waals surface area contributed by atoms with E-state index >= 15 is 0 Å². The molecule has 0 unspecified atom stereocenters. The molecule has 3 rings (SSSR count). The molecule has 2 aromatic carbocycles. The smallest absolute Gasteiger partial charge is 0.335 e. The van der Waals surface area contributed by atoms with Crippen LogP contribution in [-0.2, 0) is 5.75 Å². The second kappa shape index (κ2) is 6.97. The standard InChI is InChI=1S/C16H14N4O2S/c21-14(22)12-8-6-11(7-9-12)10-23-16-18-15(19-20-16)17-13-4-2-1-3-5-13/h1-9H,10H2,(H,21,22)(H2,17,18,19,20). The van der Waals surface area contributed by atoms with E-state index in [1.165, 1.54) is 11.8 Å². The fourth-order valence-corrected chi connectivity index (χ4v) is 2.67. The van der Waals surface area contributed by atoms with Crippen LogP contribution < -0.4 is 5.32 Å². The number of carboxylic acid groups (broad SMARTS) is 1. The number of aromatic carboxylic acids is 1. The number of aromatic nitrogens is 3. The third-order valence-corrected chi connectivity index (χ3v) is 3.99. The van der Waals surface area contributed by atoms with E-state index in [9.17, 15) is 4.79 Å². The summed E-state index contributed by atoms with van der Waals surface area (Å²) in [7, 11) is 0. The van der Waals surface area contributed by atoms with Crippen LogP contribution >= 0.6 is 11.8 Å². The van der Waals surface area contributed by atoms with Crippen molar-refractivity contribution in [1.29, 1.82) is 0 Å². The quantitative estimate of drug-likeness (QED) is 0.600. The summed E-state index contributed by atoms with van der Waals surface area (Å²) in [5.41, 5.74) is 2.23. The minimum atomic E-state index is -0.921. The number of H-pyrrole nitrogens is 1. The molecule has 7 heteroatoms. The van der Waals surface area contributed by atoms with Gasteiger partial charge in [-0.3, -0.25) is 0 Å². The van der Waals surface area contributed by atoms with E-state index in [-0.39, 0.29) is 5.56 Å². The average Bonchev–Trinajstić information content (AvgIpc) is 3.02. The number of rotatable bonds is 6. The SMILES string of the molecule is O=C(O)c1ccc(CSc2n[nH]c(Nc3ccccc3)n2)cc1. The van der Waals surface area contributed by atoms with E-state index in [0.717, 1.165) is 11.3 Å². The summed E-state index contributed by atoms with van der Waals surface area (Å²) in [4.78, 5) is 15.2. The van der Waals surface area contributed by atoms with Crippen molar-refractivity contribution in [2.24, 2.45) is 0 Å². The molecule has 0 bridgehead atoms. The van der Waals surface area contributed by atoms with Gasteiger partial charge in [-0.25, -0.2) is 9.89 Å². The predicted molar refractivity (Wildman–Crippen MR) is 89.1 cm³/mol. The van der Waals surface area contributed by atoms with Crippen molar-refractivity contribution in [3.8, 4) is 0 Å². The Morgan fingerprint density at radius 2 is 1.87 bits per heavy atom. The van der Waals surface area contributed by atoms with Crippen LogP contribution in [0.25, 0.3) is 0 Å². The number of anilines is 2. The van der Waals surface area contributed by atoms with Gasteiger partial charge >= 0.3 is 5.97 Å². The summed E-state index contributed by atoms with van der Waals surface area (Å²) in [5, 5.41) is 19.6. The fraction of sp³-hybridized carbons (Fsp3) is 0.0625. The number of thioether (sulfide) groups is 1. The lowest BCUT2D eigenvalue weighted by Crippen LogP contribution is -1.95. The third kappa shape index (κ3) is 4.10. The van der Waals surface area contributed by atoms with E-state index < -0.39 is 5.97 Å². The zero-order chi connectivity index (χ0) is 16.1. The van der Waals surface area contributed by atoms with Crippen molar-refractivity contribution < 1.29 is 9.90 Å². The molecule has 0 saturated carbocycles. The lowest BCUT2D eigenvalue weighted by Gasteiger charge is -2.00. The molecule has 0 spiro atoms. The van der Waals surface area contributed by atoms with Gasteiger partial charge in [0.05, 0.1) is 5.56 Å². The molecule has 0 amide bonds. The van der Waals surface area contributed by atoms with E-state index in [4.69, 9.17) is 5.11 Å². The second-order valence-corrected chi connectivity index (χ2v) is 5.69. The van der Waals surface area contributed by atoms with Crippen LogP contribution in [0.15, 0.2) is 59.8 Å². The highest BCUT2D eigenvalue weighted by Gasteiger charge is 2.06. The average molecular weight is 326 g/mol. The van der Waals surface area contributed by atoms with Crippen molar-refractivity contribution in [2.75, 3.05) is 5.32 Å². The molecule has 0 radical (unpaired) electrons. The molecule has 116 valence electrons. The van der Waals surface area contributed by atoms with Gasteiger partial charge in [-0.2, -0.15) is 4.98 Å². The van der Waals surface area contributed by atoms with Crippen molar-refractivity contribution in [2.45, 2.75) is 10.9 Å². The first kappa shape index (κ1) is 15.1. The molecule has 6 nitrogen and oxygen atoms in total. The van der Waals surface area contributed by atoms with E-state index in [0.29, 0.717) is 16.9 Å². The van der Waals surface area contributed by atoms with Crippen LogP contribution in [0.4, 0.5) is 11.6 Å². The van der Waals surface area contributed by atoms with Gasteiger partial charge in [0, 0.05) is 11.4 Å². The summed E-state index contributed by atoms with van der Waals surface area (Å²) in [6, 6.07) is 16.5. The first-order chi connectivity index (χ1) is 11.2. The summed E-state index contributed by atoms with van der Waals surface area (Å²) < 4.78 is 0. The molecule has 3 aromatic rings. The number of nitrogens with zero attached hydrogens (tertiary/aromatic N) is 2. The second-order valence-electron chi connectivity index (χ2n) is 4.75. The highest BCUT2D eigenvalue weighted by atomic mass is 32.2. The summed E-state index contributed by atoms with van der Waals surface area (Å²) >= 11 is 1.48. The Balaban J connectivity index is 1.57. The maximum absolute atomic E-state index is 10.8. The monoisotopic (exact) mass is 326 g/mol. The van der Waals surface area contributed by atoms with Gasteiger partial charge in [0.2, 0.25) is 11.1 Å². The van der Waals surface area contributed by atoms with Crippen LogP contribution in [0.3, 0.4) is 0 Å². The first-order valence-electron chi connectivity index (χ1n) is 6.90. The minimum Gasteiger partial charge on any atom is -0.478 e. The van der Waals surface area contributed by atoms with Gasteiger partial charge in [-0.15, -0.1) is 5.10 Å². The Morgan fingerprint density at radius 1 is 1.13 bits per heavy atom. The van der Waals surface area contributed by atoms with Gasteiger partial charge in [0.15, 0.2) is 0 Å². The lowest BCUT2D eigenvalue weighted by molar-refractivity contribution is 0.0697. The largest absolute Gasteiger partial charge is 0.478 e. The van der Waals surface area contributed by atoms with Gasteiger partial charge in [-0.05, 0) is 29.8 Å². The zero-order valence-corrected chi connectivity index (χ0v) is 12.9. The molecule has 0 saturated heterocycles. The Kier molecular flexibility index (Phi) is 4.58. The maximum atomic E-state index is 10.8. The molecular weight excluding hydrogens is 312 g/mol. The summed E-state index contributed by atoms with van der Waals surface area (Å²) in [5.74, 6) is 0.331. The van der Waals surface area contributed by atoms with E-state index in [1.54, 1.807) is 24.3 Å². The Hall–Kier alpha value is -2.80. The lowest BCUT2D eigenvalue weighted by atomic mass is 10.1. The molecule has 3 N–H and O–H groups in total. The first-order valence-corrected chi connectivity index (χ1v) is 7.89. The molecule has 23 heavy (non-hydrogen) atoms. The number of para-hydroxylation sites is 1. The number of hydrogen-bond acceptors (Lipinski definition) is 5. The predicted octanol–water partition coefficient (Wildman–Crippen LogP) is 3.54. The highest BCUT2D eigenvalue weighted by molar-refractivity contribution is 7.98. The third-order valence-electron chi connectivity index (χ3n) is 3.07. The van der Waals surface area contributed by atoms with Crippen molar-refractivity contribution in [1.82, 2.24) is 15.2 Å². The minimum absolute atomic E-state index is 0.283. The topological polar surface area (TPSA) is 90.9 Å². The summed E-state index contributed by atoms with van der Waals surface area (Å²) in [6.07, 6.45) is 0. The van der Waals surface area contributed by atoms with Crippen LogP contribution in [-0.4, -0.2) is 26.3 Å². The Bertz CT molecular complexity index is 787.